The zero-order valence-electron chi connectivity index (χ0n) is 7.32. The first-order valence-corrected chi connectivity index (χ1v) is 4.20. The minimum atomic E-state index is -0.329. The van der Waals surface area contributed by atoms with Crippen molar-refractivity contribution in [1.82, 2.24) is 0 Å². The van der Waals surface area contributed by atoms with Gasteiger partial charge in [0.15, 0.2) is 5.75 Å². The molecule has 66 valence electrons. The lowest BCUT2D eigenvalue weighted by Gasteiger charge is -1.92. The summed E-state index contributed by atoms with van der Waals surface area (Å²) >= 11 is 0. The van der Waals surface area contributed by atoms with Gasteiger partial charge in [-0.1, -0.05) is 23.8 Å². The molecule has 2 rings (SSSR count). The normalized spacial score (nSPS) is 19.5. The van der Waals surface area contributed by atoms with Crippen molar-refractivity contribution in [3.8, 4) is 5.75 Å². The van der Waals surface area contributed by atoms with Gasteiger partial charge in [-0.2, -0.15) is 0 Å². The molecular weight excluding hydrogens is 164 g/mol. The Hall–Kier alpha value is -1.57. The SMILES string of the molecule is CC1=C[C@H]1c1ccc(O)c(=O)cc1. The minimum absolute atomic E-state index is 0.190. The molecular formula is C11H10O2. The van der Waals surface area contributed by atoms with E-state index in [-0.39, 0.29) is 11.2 Å². The Morgan fingerprint density at radius 3 is 2.46 bits per heavy atom. The van der Waals surface area contributed by atoms with E-state index in [4.69, 9.17) is 5.11 Å². The van der Waals surface area contributed by atoms with Gasteiger partial charge >= 0.3 is 0 Å². The lowest BCUT2D eigenvalue weighted by Crippen LogP contribution is -1.91. The third kappa shape index (κ3) is 1.47. The van der Waals surface area contributed by atoms with E-state index in [2.05, 4.69) is 13.0 Å². The van der Waals surface area contributed by atoms with Crippen LogP contribution in [0.15, 0.2) is 40.7 Å². The number of hydrogen-bond donors (Lipinski definition) is 1. The Morgan fingerprint density at radius 2 is 1.85 bits per heavy atom. The van der Waals surface area contributed by atoms with E-state index in [9.17, 15) is 4.79 Å². The molecule has 2 nitrogen and oxygen atoms in total. The summed E-state index contributed by atoms with van der Waals surface area (Å²) in [6.07, 6.45) is 2.12. The van der Waals surface area contributed by atoms with Gasteiger partial charge in [-0.05, 0) is 24.6 Å². The molecule has 0 heterocycles. The monoisotopic (exact) mass is 174 g/mol. The van der Waals surface area contributed by atoms with Crippen molar-refractivity contribution in [2.75, 3.05) is 0 Å². The zero-order valence-corrected chi connectivity index (χ0v) is 7.32. The summed E-state index contributed by atoms with van der Waals surface area (Å²) in [4.78, 5) is 11.0. The van der Waals surface area contributed by atoms with Gasteiger partial charge in [-0.15, -0.1) is 0 Å². The van der Waals surface area contributed by atoms with E-state index in [1.54, 1.807) is 12.1 Å². The molecule has 0 unspecified atom stereocenters. The number of allylic oxidation sites excluding steroid dienone is 2. The second-order valence-electron chi connectivity index (χ2n) is 3.30. The highest BCUT2D eigenvalue weighted by molar-refractivity contribution is 5.44. The fourth-order valence-electron chi connectivity index (χ4n) is 1.35. The highest BCUT2D eigenvalue weighted by Gasteiger charge is 2.21. The average molecular weight is 174 g/mol. The summed E-state index contributed by atoms with van der Waals surface area (Å²) in [6, 6.07) is 6.41. The van der Waals surface area contributed by atoms with Crippen LogP contribution in [0.2, 0.25) is 0 Å². The fourth-order valence-corrected chi connectivity index (χ4v) is 1.35. The summed E-state index contributed by atoms with van der Waals surface area (Å²) in [5, 5.41) is 9.14. The van der Waals surface area contributed by atoms with Gasteiger partial charge in [0.2, 0.25) is 5.43 Å². The summed E-state index contributed by atoms with van der Waals surface area (Å²) in [6.45, 7) is 2.05. The predicted molar refractivity (Wildman–Crippen MR) is 50.9 cm³/mol. The van der Waals surface area contributed by atoms with Gasteiger partial charge in [0.1, 0.15) is 0 Å². The van der Waals surface area contributed by atoms with Crippen LogP contribution in [-0.2, 0) is 0 Å². The molecule has 0 spiro atoms. The molecule has 0 aromatic heterocycles. The van der Waals surface area contributed by atoms with Crippen LogP contribution in [0, 0.1) is 0 Å². The van der Waals surface area contributed by atoms with Gasteiger partial charge < -0.3 is 5.11 Å². The third-order valence-electron chi connectivity index (χ3n) is 2.28. The Labute approximate surface area is 76.2 Å². The number of rotatable bonds is 1. The van der Waals surface area contributed by atoms with E-state index in [1.807, 2.05) is 0 Å². The van der Waals surface area contributed by atoms with Crippen LogP contribution in [0.1, 0.15) is 18.4 Å². The molecule has 0 aliphatic heterocycles. The van der Waals surface area contributed by atoms with E-state index < -0.39 is 0 Å². The molecule has 0 saturated carbocycles. The van der Waals surface area contributed by atoms with Crippen LogP contribution in [-0.4, -0.2) is 5.11 Å². The standard InChI is InChI=1S/C11H10O2/c1-7-6-9(7)8-2-4-10(12)11(13)5-3-8/h2-6,9H,1H3,(H,12,13)/t9-/m1/s1. The van der Waals surface area contributed by atoms with Crippen molar-refractivity contribution in [2.45, 2.75) is 12.8 Å². The van der Waals surface area contributed by atoms with Crippen LogP contribution in [0.5, 0.6) is 5.75 Å². The zero-order chi connectivity index (χ0) is 9.42. The highest BCUT2D eigenvalue weighted by Crippen LogP contribution is 2.37. The van der Waals surface area contributed by atoms with Gasteiger partial charge in [-0.3, -0.25) is 4.79 Å². The first-order valence-electron chi connectivity index (χ1n) is 4.20. The Balaban J connectivity index is 2.42. The fraction of sp³-hybridized carbons (Fsp3) is 0.182. The van der Waals surface area contributed by atoms with Crippen LogP contribution >= 0.6 is 0 Å². The maximum atomic E-state index is 11.0. The number of hydrogen-bond acceptors (Lipinski definition) is 2. The first kappa shape index (κ1) is 8.05. The van der Waals surface area contributed by atoms with Gasteiger partial charge in [0.25, 0.3) is 0 Å². The Morgan fingerprint density at radius 1 is 1.23 bits per heavy atom. The summed E-state index contributed by atoms with van der Waals surface area (Å²) in [5.74, 6) is 0.191. The molecule has 2 heteroatoms. The molecule has 1 aliphatic rings. The third-order valence-corrected chi connectivity index (χ3v) is 2.28. The van der Waals surface area contributed by atoms with Crippen molar-refractivity contribution in [2.24, 2.45) is 0 Å². The average Bonchev–Trinajstić information content (AvgIpc) is 2.82. The van der Waals surface area contributed by atoms with Gasteiger partial charge in [0, 0.05) is 5.92 Å². The van der Waals surface area contributed by atoms with Crippen molar-refractivity contribution in [1.29, 1.82) is 0 Å². The Kier molecular flexibility index (Phi) is 1.69. The molecule has 13 heavy (non-hydrogen) atoms. The first-order chi connectivity index (χ1) is 6.18. The van der Waals surface area contributed by atoms with Crippen LogP contribution in [0.25, 0.3) is 0 Å². The lowest BCUT2D eigenvalue weighted by molar-refractivity contribution is 0.471. The van der Waals surface area contributed by atoms with Crippen molar-refractivity contribution in [3.05, 3.63) is 51.7 Å². The maximum absolute atomic E-state index is 11.0. The summed E-state index contributed by atoms with van der Waals surface area (Å²) < 4.78 is 0. The molecule has 0 radical (unpaired) electrons. The molecule has 0 amide bonds. The molecule has 1 N–H and O–H groups in total. The van der Waals surface area contributed by atoms with Gasteiger partial charge in [-0.25, -0.2) is 0 Å². The lowest BCUT2D eigenvalue weighted by atomic mass is 10.1. The van der Waals surface area contributed by atoms with Crippen molar-refractivity contribution >= 4 is 0 Å². The quantitative estimate of drug-likeness (QED) is 0.659. The molecule has 1 atom stereocenters. The van der Waals surface area contributed by atoms with Gasteiger partial charge in [0.05, 0.1) is 0 Å². The van der Waals surface area contributed by atoms with Crippen LogP contribution in [0.3, 0.4) is 0 Å². The second kappa shape index (κ2) is 2.73. The topological polar surface area (TPSA) is 37.3 Å². The van der Waals surface area contributed by atoms with Crippen molar-refractivity contribution < 1.29 is 5.11 Å². The van der Waals surface area contributed by atoms with E-state index in [0.717, 1.165) is 5.56 Å². The molecule has 1 aromatic rings. The molecule has 0 saturated heterocycles. The second-order valence-corrected chi connectivity index (χ2v) is 3.30. The van der Waals surface area contributed by atoms with E-state index in [0.29, 0.717) is 5.92 Å². The molecule has 1 aromatic carbocycles. The summed E-state index contributed by atoms with van der Waals surface area (Å²) in [7, 11) is 0. The molecule has 0 fully saturated rings. The largest absolute Gasteiger partial charge is 0.504 e. The Bertz CT molecular complexity index is 432. The minimum Gasteiger partial charge on any atom is -0.504 e. The highest BCUT2D eigenvalue weighted by atomic mass is 16.3. The van der Waals surface area contributed by atoms with E-state index in [1.165, 1.54) is 17.7 Å². The maximum Gasteiger partial charge on any atom is 0.220 e. The van der Waals surface area contributed by atoms with Crippen LogP contribution in [0.4, 0.5) is 0 Å². The number of aromatic hydroxyl groups is 1. The smallest absolute Gasteiger partial charge is 0.220 e. The van der Waals surface area contributed by atoms with Crippen LogP contribution < -0.4 is 5.43 Å². The molecule has 0 bridgehead atoms. The van der Waals surface area contributed by atoms with Crippen molar-refractivity contribution in [3.63, 3.8) is 0 Å². The molecule has 1 aliphatic carbocycles. The predicted octanol–water partition coefficient (Wildman–Crippen LogP) is 1.80. The van der Waals surface area contributed by atoms with E-state index >= 15 is 0 Å². The summed E-state index contributed by atoms with van der Waals surface area (Å²) in [5.41, 5.74) is 2.05.